The molecule has 0 aliphatic carbocycles. The van der Waals surface area contributed by atoms with Crippen molar-refractivity contribution in [1.82, 2.24) is 9.55 Å². The summed E-state index contributed by atoms with van der Waals surface area (Å²) in [5, 5.41) is 0.559. The first-order chi connectivity index (χ1) is 14.4. The third-order valence-electron chi connectivity index (χ3n) is 4.68. The second kappa shape index (κ2) is 11.4. The van der Waals surface area contributed by atoms with Gasteiger partial charge >= 0.3 is 5.69 Å². The monoisotopic (exact) mass is 436 g/mol. The highest BCUT2D eigenvalue weighted by atomic mass is 35.5. The molecule has 0 bridgehead atoms. The molecule has 0 unspecified atom stereocenters. The van der Waals surface area contributed by atoms with E-state index in [-0.39, 0.29) is 18.1 Å². The molecule has 2 aromatic rings. The maximum atomic E-state index is 13.0. The van der Waals surface area contributed by atoms with Crippen molar-refractivity contribution in [1.29, 1.82) is 0 Å². The number of H-pyrrole nitrogens is 1. The van der Waals surface area contributed by atoms with Crippen molar-refractivity contribution in [3.05, 3.63) is 50.1 Å². The van der Waals surface area contributed by atoms with E-state index < -0.39 is 17.2 Å². The molecule has 0 atom stereocenters. The number of nitrogens with zero attached hydrogens (tertiary/aromatic N) is 2. The summed E-state index contributed by atoms with van der Waals surface area (Å²) in [6.45, 7) is 4.42. The minimum atomic E-state index is -0.679. The summed E-state index contributed by atoms with van der Waals surface area (Å²) in [5.41, 5.74) is 4.92. The molecule has 0 radical (unpaired) electrons. The van der Waals surface area contributed by atoms with Crippen LogP contribution in [0.25, 0.3) is 0 Å². The zero-order valence-corrected chi connectivity index (χ0v) is 18.2. The smallest absolute Gasteiger partial charge is 0.330 e. The average molecular weight is 437 g/mol. The molecule has 3 N–H and O–H groups in total. The number of unbranched alkanes of at least 4 members (excludes halogenated alkanes) is 3. The molecule has 1 heterocycles. The Morgan fingerprint density at radius 2 is 1.80 bits per heavy atom. The minimum absolute atomic E-state index is 0.00598. The third kappa shape index (κ3) is 6.13. The molecule has 164 valence electrons. The maximum Gasteiger partial charge on any atom is 0.330 e. The van der Waals surface area contributed by atoms with Crippen molar-refractivity contribution in [2.24, 2.45) is 0 Å². The molecular weight excluding hydrogens is 408 g/mol. The predicted molar refractivity (Wildman–Crippen MR) is 119 cm³/mol. The molecule has 1 aromatic heterocycles. The van der Waals surface area contributed by atoms with Crippen LogP contribution in [0.5, 0.6) is 5.75 Å². The van der Waals surface area contributed by atoms with Gasteiger partial charge in [-0.1, -0.05) is 44.7 Å². The van der Waals surface area contributed by atoms with E-state index in [1.165, 1.54) is 9.47 Å². The molecule has 0 spiro atoms. The zero-order chi connectivity index (χ0) is 22.1. The van der Waals surface area contributed by atoms with Gasteiger partial charge in [0.15, 0.2) is 12.3 Å². The highest BCUT2D eigenvalue weighted by Gasteiger charge is 2.24. The van der Waals surface area contributed by atoms with Crippen molar-refractivity contribution in [3.63, 3.8) is 0 Å². The van der Waals surface area contributed by atoms with E-state index in [9.17, 15) is 14.4 Å². The molecule has 30 heavy (non-hydrogen) atoms. The van der Waals surface area contributed by atoms with Crippen LogP contribution in [0.4, 0.5) is 11.5 Å². The van der Waals surface area contributed by atoms with E-state index in [1.54, 1.807) is 24.3 Å². The number of aromatic nitrogens is 2. The van der Waals surface area contributed by atoms with Gasteiger partial charge in [0.25, 0.3) is 11.5 Å². The van der Waals surface area contributed by atoms with Gasteiger partial charge in [0, 0.05) is 18.1 Å². The van der Waals surface area contributed by atoms with Crippen molar-refractivity contribution in [2.75, 3.05) is 23.8 Å². The van der Waals surface area contributed by atoms with E-state index in [0.29, 0.717) is 30.3 Å². The number of amides is 1. The van der Waals surface area contributed by atoms with Crippen LogP contribution in [0.1, 0.15) is 46.0 Å². The first kappa shape index (κ1) is 23.5. The quantitative estimate of drug-likeness (QED) is 0.525. The van der Waals surface area contributed by atoms with Gasteiger partial charge in [0.2, 0.25) is 0 Å². The molecule has 1 aromatic carbocycles. The minimum Gasteiger partial charge on any atom is -0.484 e. The van der Waals surface area contributed by atoms with E-state index in [0.717, 1.165) is 25.7 Å². The Kier molecular flexibility index (Phi) is 8.98. The zero-order valence-electron chi connectivity index (χ0n) is 17.4. The van der Waals surface area contributed by atoms with Gasteiger partial charge in [-0.15, -0.1) is 0 Å². The maximum absolute atomic E-state index is 13.0. The summed E-state index contributed by atoms with van der Waals surface area (Å²) in [5.74, 6) is 0.0588. The first-order valence-corrected chi connectivity index (χ1v) is 10.6. The molecule has 0 fully saturated rings. The molecule has 0 aliphatic heterocycles. The van der Waals surface area contributed by atoms with Crippen LogP contribution in [0, 0.1) is 0 Å². The SMILES string of the molecule is CCCCCN(C(=O)COc1ccc(Cl)cc1)c1c(N)n(CCCC)c(=O)[nH]c1=O. The lowest BCUT2D eigenvalue weighted by Crippen LogP contribution is -2.43. The Hall–Kier alpha value is -2.74. The third-order valence-corrected chi connectivity index (χ3v) is 4.93. The van der Waals surface area contributed by atoms with E-state index in [1.807, 2.05) is 13.8 Å². The number of ether oxygens (including phenoxy) is 1. The summed E-state index contributed by atoms with van der Waals surface area (Å²) >= 11 is 5.86. The van der Waals surface area contributed by atoms with Gasteiger partial charge in [-0.3, -0.25) is 19.1 Å². The van der Waals surface area contributed by atoms with E-state index in [4.69, 9.17) is 22.1 Å². The number of benzene rings is 1. The van der Waals surface area contributed by atoms with Crippen LogP contribution in [-0.2, 0) is 11.3 Å². The second-order valence-corrected chi connectivity index (χ2v) is 7.43. The molecule has 1 amide bonds. The molecule has 0 saturated heterocycles. The van der Waals surface area contributed by atoms with Gasteiger partial charge in [0.05, 0.1) is 0 Å². The van der Waals surface area contributed by atoms with Gasteiger partial charge < -0.3 is 15.4 Å². The fourth-order valence-corrected chi connectivity index (χ4v) is 3.14. The van der Waals surface area contributed by atoms with Crippen LogP contribution in [0.15, 0.2) is 33.9 Å². The van der Waals surface area contributed by atoms with E-state index >= 15 is 0 Å². The van der Waals surface area contributed by atoms with Crippen molar-refractivity contribution >= 4 is 29.0 Å². The van der Waals surface area contributed by atoms with Crippen molar-refractivity contribution in [3.8, 4) is 5.75 Å². The number of halogens is 1. The Morgan fingerprint density at radius 3 is 2.43 bits per heavy atom. The summed E-state index contributed by atoms with van der Waals surface area (Å²) in [6.07, 6.45) is 4.10. The van der Waals surface area contributed by atoms with Gasteiger partial charge in [-0.2, -0.15) is 0 Å². The Balaban J connectivity index is 2.33. The summed E-state index contributed by atoms with van der Waals surface area (Å²) < 4.78 is 6.86. The average Bonchev–Trinajstić information content (AvgIpc) is 2.71. The van der Waals surface area contributed by atoms with Crippen LogP contribution in [-0.4, -0.2) is 28.6 Å². The van der Waals surface area contributed by atoms with Crippen LogP contribution >= 0.6 is 11.6 Å². The van der Waals surface area contributed by atoms with Gasteiger partial charge in [-0.25, -0.2) is 4.79 Å². The summed E-state index contributed by atoms with van der Waals surface area (Å²) in [4.78, 5) is 41.4. The highest BCUT2D eigenvalue weighted by molar-refractivity contribution is 6.30. The molecule has 0 aliphatic rings. The number of nitrogens with one attached hydrogen (secondary N) is 1. The number of anilines is 2. The van der Waals surface area contributed by atoms with Crippen molar-refractivity contribution in [2.45, 2.75) is 52.5 Å². The molecule has 0 saturated carbocycles. The van der Waals surface area contributed by atoms with Crippen LogP contribution in [0.2, 0.25) is 5.02 Å². The number of hydrogen-bond acceptors (Lipinski definition) is 5. The Morgan fingerprint density at radius 1 is 1.13 bits per heavy atom. The molecule has 2 rings (SSSR count). The van der Waals surface area contributed by atoms with E-state index in [2.05, 4.69) is 4.98 Å². The fraction of sp³-hybridized carbons (Fsp3) is 0.476. The highest BCUT2D eigenvalue weighted by Crippen LogP contribution is 2.20. The summed E-state index contributed by atoms with van der Waals surface area (Å²) in [6, 6.07) is 6.63. The number of nitrogens with two attached hydrogens (primary N) is 1. The number of carbonyl (C=O) groups excluding carboxylic acids is 1. The molecule has 8 nitrogen and oxygen atoms in total. The Labute approximate surface area is 180 Å². The fourth-order valence-electron chi connectivity index (χ4n) is 3.01. The molecule has 9 heteroatoms. The number of carbonyl (C=O) groups is 1. The lowest BCUT2D eigenvalue weighted by Gasteiger charge is -2.24. The van der Waals surface area contributed by atoms with Crippen molar-refractivity contribution < 1.29 is 9.53 Å². The normalized spacial score (nSPS) is 10.8. The first-order valence-electron chi connectivity index (χ1n) is 10.2. The Bertz CT molecular complexity index is 953. The number of nitrogen functional groups attached to an aromatic ring is 1. The van der Waals surface area contributed by atoms with Crippen LogP contribution < -0.4 is 26.6 Å². The topological polar surface area (TPSA) is 110 Å². The standard InChI is InChI=1S/C21H29ClN4O4/c1-3-5-7-13-25(17(27)14-30-16-10-8-15(22)9-11-16)18-19(23)26(12-6-4-2)21(29)24-20(18)28/h8-11H,3-7,12-14,23H2,1-2H3,(H,24,28,29). The number of hydrogen-bond donors (Lipinski definition) is 2. The largest absolute Gasteiger partial charge is 0.484 e. The second-order valence-electron chi connectivity index (χ2n) is 6.99. The summed E-state index contributed by atoms with van der Waals surface area (Å²) in [7, 11) is 0. The van der Waals surface area contributed by atoms with Gasteiger partial charge in [-0.05, 0) is 37.1 Å². The number of aromatic amines is 1. The lowest BCUT2D eigenvalue weighted by atomic mass is 10.2. The number of rotatable bonds is 11. The van der Waals surface area contributed by atoms with Crippen LogP contribution in [0.3, 0.4) is 0 Å². The predicted octanol–water partition coefficient (Wildman–Crippen LogP) is 3.17. The lowest BCUT2D eigenvalue weighted by molar-refractivity contribution is -0.120. The van der Waals surface area contributed by atoms with Gasteiger partial charge in [0.1, 0.15) is 11.6 Å². The molecular formula is C21H29ClN4O4.